The predicted molar refractivity (Wildman–Crippen MR) is 78.3 cm³/mol. The lowest BCUT2D eigenvalue weighted by Crippen LogP contribution is -2.62. The number of aromatic nitrogens is 1. The molecule has 0 radical (unpaired) electrons. The van der Waals surface area contributed by atoms with Crippen molar-refractivity contribution in [1.29, 1.82) is 0 Å². The number of amides is 2. The van der Waals surface area contributed by atoms with Crippen LogP contribution in [0.1, 0.15) is 44.7 Å². The molecule has 1 aromatic rings. The van der Waals surface area contributed by atoms with Gasteiger partial charge in [-0.05, 0) is 43.9 Å². The molecule has 5 nitrogen and oxygen atoms in total. The highest BCUT2D eigenvalue weighted by molar-refractivity contribution is 5.97. The van der Waals surface area contributed by atoms with Crippen LogP contribution in [0.2, 0.25) is 0 Å². The second kappa shape index (κ2) is 5.47. The van der Waals surface area contributed by atoms with Crippen molar-refractivity contribution >= 4 is 11.8 Å². The smallest absolute Gasteiger partial charge is 0.246 e. The summed E-state index contributed by atoms with van der Waals surface area (Å²) in [5.74, 6) is 0.212. The Morgan fingerprint density at radius 1 is 1.29 bits per heavy atom. The maximum absolute atomic E-state index is 12.9. The van der Waals surface area contributed by atoms with Gasteiger partial charge in [0, 0.05) is 18.9 Å². The summed E-state index contributed by atoms with van der Waals surface area (Å²) < 4.78 is 0. The summed E-state index contributed by atoms with van der Waals surface area (Å²) in [6.45, 7) is 4.69. The molecule has 3 heterocycles. The van der Waals surface area contributed by atoms with Gasteiger partial charge in [-0.2, -0.15) is 0 Å². The number of carbonyl (C=O) groups excluding carboxylic acids is 2. The molecule has 0 N–H and O–H groups in total. The largest absolute Gasteiger partial charge is 0.329 e. The van der Waals surface area contributed by atoms with E-state index in [-0.39, 0.29) is 29.9 Å². The van der Waals surface area contributed by atoms with Crippen LogP contribution < -0.4 is 0 Å². The molecule has 0 aliphatic carbocycles. The van der Waals surface area contributed by atoms with Crippen LogP contribution >= 0.6 is 0 Å². The lowest BCUT2D eigenvalue weighted by Gasteiger charge is -2.45. The summed E-state index contributed by atoms with van der Waals surface area (Å²) in [6, 6.07) is 3.14. The number of rotatable bonds is 3. The predicted octanol–water partition coefficient (Wildman–Crippen LogP) is 1.75. The van der Waals surface area contributed by atoms with Crippen LogP contribution in [-0.2, 0) is 9.59 Å². The molecule has 112 valence electrons. The van der Waals surface area contributed by atoms with Gasteiger partial charge in [0.1, 0.15) is 12.1 Å². The summed E-state index contributed by atoms with van der Waals surface area (Å²) in [5, 5.41) is 0. The minimum absolute atomic E-state index is 0.0999. The van der Waals surface area contributed by atoms with E-state index in [2.05, 4.69) is 4.98 Å². The summed E-state index contributed by atoms with van der Waals surface area (Å²) in [7, 11) is 0. The zero-order valence-corrected chi connectivity index (χ0v) is 12.5. The van der Waals surface area contributed by atoms with E-state index in [1.807, 2.05) is 26.0 Å². The lowest BCUT2D eigenvalue weighted by atomic mass is 9.98. The highest BCUT2D eigenvalue weighted by Crippen LogP contribution is 2.33. The Hall–Kier alpha value is -1.91. The first-order chi connectivity index (χ1) is 10.1. The normalized spacial score (nSPS) is 27.0. The zero-order chi connectivity index (χ0) is 15.0. The first-order valence-corrected chi connectivity index (χ1v) is 7.67. The number of hydrogen-bond donors (Lipinski definition) is 0. The molecular formula is C16H21N3O2. The molecule has 0 spiro atoms. The van der Waals surface area contributed by atoms with E-state index in [1.54, 1.807) is 22.2 Å². The number of pyridine rings is 1. The van der Waals surface area contributed by atoms with Gasteiger partial charge >= 0.3 is 0 Å². The van der Waals surface area contributed by atoms with Gasteiger partial charge in [-0.25, -0.2) is 0 Å². The Morgan fingerprint density at radius 3 is 2.67 bits per heavy atom. The summed E-state index contributed by atoms with van der Waals surface area (Å²) in [5.41, 5.74) is 1.02. The molecule has 2 amide bonds. The third-order valence-electron chi connectivity index (χ3n) is 4.69. The van der Waals surface area contributed by atoms with Crippen LogP contribution in [0, 0.1) is 0 Å². The number of carbonyl (C=O) groups is 2. The van der Waals surface area contributed by atoms with Gasteiger partial charge in [-0.15, -0.1) is 0 Å². The Kier molecular flexibility index (Phi) is 3.66. The van der Waals surface area contributed by atoms with Crippen LogP contribution in [0.25, 0.3) is 0 Å². The Labute approximate surface area is 124 Å². The van der Waals surface area contributed by atoms with Crippen molar-refractivity contribution in [2.24, 2.45) is 0 Å². The fraction of sp³-hybridized carbons (Fsp3) is 0.562. The van der Waals surface area contributed by atoms with Gasteiger partial charge in [0.05, 0.1) is 6.04 Å². The second-order valence-corrected chi connectivity index (χ2v) is 5.82. The third-order valence-corrected chi connectivity index (χ3v) is 4.69. The van der Waals surface area contributed by atoms with Crippen LogP contribution in [0.3, 0.4) is 0 Å². The molecule has 2 saturated heterocycles. The SMILES string of the molecule is CCC1C(=O)N2CCCC2C(=O)N1C(C)c1ccncc1. The Bertz CT molecular complexity index is 546. The quantitative estimate of drug-likeness (QED) is 0.851. The average Bonchev–Trinajstić information content (AvgIpc) is 3.01. The summed E-state index contributed by atoms with van der Waals surface area (Å²) in [6.07, 6.45) is 5.83. The minimum Gasteiger partial charge on any atom is -0.329 e. The van der Waals surface area contributed by atoms with Crippen molar-refractivity contribution in [3.63, 3.8) is 0 Å². The number of fused-ring (bicyclic) bond motifs is 1. The van der Waals surface area contributed by atoms with Crippen LogP contribution in [0.15, 0.2) is 24.5 Å². The van der Waals surface area contributed by atoms with Gasteiger partial charge < -0.3 is 9.80 Å². The van der Waals surface area contributed by atoms with E-state index in [0.29, 0.717) is 6.42 Å². The molecule has 1 aromatic heterocycles. The van der Waals surface area contributed by atoms with E-state index in [0.717, 1.165) is 24.9 Å². The molecule has 0 aromatic carbocycles. The Morgan fingerprint density at radius 2 is 2.00 bits per heavy atom. The van der Waals surface area contributed by atoms with E-state index in [4.69, 9.17) is 0 Å². The molecule has 3 atom stereocenters. The Balaban J connectivity index is 1.95. The topological polar surface area (TPSA) is 53.5 Å². The lowest BCUT2D eigenvalue weighted by molar-refractivity contribution is -0.162. The molecule has 0 bridgehead atoms. The molecule has 0 saturated carbocycles. The molecule has 2 aliphatic heterocycles. The minimum atomic E-state index is -0.338. The van der Waals surface area contributed by atoms with Gasteiger partial charge in [0.2, 0.25) is 11.8 Å². The maximum atomic E-state index is 12.9. The second-order valence-electron chi connectivity index (χ2n) is 5.82. The number of nitrogens with zero attached hydrogens (tertiary/aromatic N) is 3. The maximum Gasteiger partial charge on any atom is 0.246 e. The fourth-order valence-electron chi connectivity index (χ4n) is 3.56. The van der Waals surface area contributed by atoms with Crippen molar-refractivity contribution < 1.29 is 9.59 Å². The van der Waals surface area contributed by atoms with E-state index in [1.165, 1.54) is 0 Å². The summed E-state index contributed by atoms with van der Waals surface area (Å²) >= 11 is 0. The van der Waals surface area contributed by atoms with Crippen LogP contribution in [-0.4, -0.2) is 45.2 Å². The highest BCUT2D eigenvalue weighted by atomic mass is 16.2. The van der Waals surface area contributed by atoms with Gasteiger partial charge in [-0.3, -0.25) is 14.6 Å². The first-order valence-electron chi connectivity index (χ1n) is 7.67. The average molecular weight is 287 g/mol. The first kappa shape index (κ1) is 14.0. The van der Waals surface area contributed by atoms with Crippen LogP contribution in [0.4, 0.5) is 0 Å². The van der Waals surface area contributed by atoms with Crippen molar-refractivity contribution in [1.82, 2.24) is 14.8 Å². The number of piperazine rings is 1. The monoisotopic (exact) mass is 287 g/mol. The molecule has 21 heavy (non-hydrogen) atoms. The molecule has 3 rings (SSSR count). The van der Waals surface area contributed by atoms with E-state index >= 15 is 0 Å². The standard InChI is InChI=1S/C16H21N3O2/c1-3-13-15(20)18-10-4-5-14(18)16(21)19(13)11(2)12-6-8-17-9-7-12/h6-9,11,13-14H,3-5,10H2,1-2H3. The van der Waals surface area contributed by atoms with Gasteiger partial charge in [0.15, 0.2) is 0 Å². The third kappa shape index (κ3) is 2.20. The zero-order valence-electron chi connectivity index (χ0n) is 12.5. The van der Waals surface area contributed by atoms with Crippen molar-refractivity contribution in [3.8, 4) is 0 Å². The highest BCUT2D eigenvalue weighted by Gasteiger charge is 2.48. The number of hydrogen-bond acceptors (Lipinski definition) is 3. The summed E-state index contributed by atoms with van der Waals surface area (Å²) in [4.78, 5) is 33.1. The molecule has 2 fully saturated rings. The molecular weight excluding hydrogens is 266 g/mol. The molecule has 2 aliphatic rings. The van der Waals surface area contributed by atoms with Gasteiger partial charge in [-0.1, -0.05) is 6.92 Å². The van der Waals surface area contributed by atoms with Crippen molar-refractivity contribution in [3.05, 3.63) is 30.1 Å². The van der Waals surface area contributed by atoms with Crippen molar-refractivity contribution in [2.45, 2.75) is 51.2 Å². The van der Waals surface area contributed by atoms with Crippen molar-refractivity contribution in [2.75, 3.05) is 6.54 Å². The van der Waals surface area contributed by atoms with E-state index < -0.39 is 0 Å². The van der Waals surface area contributed by atoms with Gasteiger partial charge in [0.25, 0.3) is 0 Å². The molecule has 3 unspecified atom stereocenters. The molecule has 5 heteroatoms. The van der Waals surface area contributed by atoms with Crippen LogP contribution in [0.5, 0.6) is 0 Å². The van der Waals surface area contributed by atoms with E-state index in [9.17, 15) is 9.59 Å². The fourth-order valence-corrected chi connectivity index (χ4v) is 3.56.